The topological polar surface area (TPSA) is 47.4 Å². The largest absolute Gasteiger partial charge is 0.493 e. The zero-order valence-corrected chi connectivity index (χ0v) is 21.8. The number of para-hydroxylation sites is 2. The summed E-state index contributed by atoms with van der Waals surface area (Å²) in [5.41, 5.74) is 7.94. The number of benzene rings is 3. The number of fused-ring (bicyclic) bond motifs is 1. The van der Waals surface area contributed by atoms with Crippen molar-refractivity contribution < 1.29 is 9.53 Å². The first-order chi connectivity index (χ1) is 17.4. The van der Waals surface area contributed by atoms with E-state index >= 15 is 0 Å². The Morgan fingerprint density at radius 3 is 2.53 bits per heavy atom. The van der Waals surface area contributed by atoms with Crippen LogP contribution in [0.2, 0.25) is 0 Å². The number of rotatable bonds is 8. The van der Waals surface area contributed by atoms with Crippen LogP contribution < -0.4 is 9.64 Å². The Labute approximate surface area is 213 Å². The predicted octanol–water partition coefficient (Wildman–Crippen LogP) is 6.65. The van der Waals surface area contributed by atoms with Crippen molar-refractivity contribution in [3.8, 4) is 5.75 Å². The fourth-order valence-corrected chi connectivity index (χ4v) is 5.31. The monoisotopic (exact) mass is 481 g/mol. The number of carbonyl (C=O) groups is 1. The van der Waals surface area contributed by atoms with Crippen LogP contribution in [0, 0.1) is 27.7 Å². The SMILES string of the molecule is Cc1cc(C)cc(N2CC(c3nc4ccccc4n3CCCCOc3cccc(C)c3C)CC2=O)c1. The molecule has 1 saturated heterocycles. The van der Waals surface area contributed by atoms with E-state index in [1.807, 2.05) is 23.1 Å². The third-order valence-corrected chi connectivity index (χ3v) is 7.28. The summed E-state index contributed by atoms with van der Waals surface area (Å²) >= 11 is 0. The molecule has 5 nitrogen and oxygen atoms in total. The summed E-state index contributed by atoms with van der Waals surface area (Å²) < 4.78 is 8.40. The van der Waals surface area contributed by atoms with E-state index in [9.17, 15) is 4.79 Å². The molecule has 1 fully saturated rings. The summed E-state index contributed by atoms with van der Waals surface area (Å²) in [5.74, 6) is 2.24. The molecule has 0 spiro atoms. The van der Waals surface area contributed by atoms with Gasteiger partial charge < -0.3 is 14.2 Å². The van der Waals surface area contributed by atoms with Crippen molar-refractivity contribution in [3.63, 3.8) is 0 Å². The minimum Gasteiger partial charge on any atom is -0.493 e. The molecule has 1 unspecified atom stereocenters. The number of ether oxygens (including phenoxy) is 1. The maximum atomic E-state index is 13.1. The molecule has 0 radical (unpaired) electrons. The van der Waals surface area contributed by atoms with Crippen molar-refractivity contribution in [1.82, 2.24) is 9.55 Å². The number of aryl methyl sites for hydroxylation is 4. The van der Waals surface area contributed by atoms with E-state index in [-0.39, 0.29) is 11.8 Å². The van der Waals surface area contributed by atoms with Gasteiger partial charge in [0, 0.05) is 31.1 Å². The second kappa shape index (κ2) is 10.2. The predicted molar refractivity (Wildman–Crippen MR) is 146 cm³/mol. The molecular formula is C31H35N3O2. The lowest BCUT2D eigenvalue weighted by Gasteiger charge is -2.19. The van der Waals surface area contributed by atoms with Gasteiger partial charge in [0.15, 0.2) is 0 Å². The van der Waals surface area contributed by atoms with Crippen LogP contribution in [0.1, 0.15) is 53.3 Å². The molecule has 1 atom stereocenters. The summed E-state index contributed by atoms with van der Waals surface area (Å²) in [7, 11) is 0. The van der Waals surface area contributed by atoms with E-state index in [4.69, 9.17) is 9.72 Å². The van der Waals surface area contributed by atoms with Gasteiger partial charge in [0.1, 0.15) is 11.6 Å². The summed E-state index contributed by atoms with van der Waals surface area (Å²) in [6, 6.07) is 20.9. The first-order valence-electron chi connectivity index (χ1n) is 12.9. The number of nitrogens with zero attached hydrogens (tertiary/aromatic N) is 3. The Morgan fingerprint density at radius 2 is 1.72 bits per heavy atom. The average molecular weight is 482 g/mol. The van der Waals surface area contributed by atoms with Crippen LogP contribution in [0.4, 0.5) is 5.69 Å². The molecule has 1 aliphatic rings. The lowest BCUT2D eigenvalue weighted by molar-refractivity contribution is -0.117. The molecule has 1 aromatic heterocycles. The molecule has 5 heteroatoms. The fraction of sp³-hybridized carbons (Fsp3) is 0.355. The lowest BCUT2D eigenvalue weighted by atomic mass is 10.1. The summed E-state index contributed by atoms with van der Waals surface area (Å²) in [6.07, 6.45) is 2.43. The second-order valence-electron chi connectivity index (χ2n) is 10.1. The Morgan fingerprint density at radius 1 is 0.944 bits per heavy atom. The van der Waals surface area contributed by atoms with Crippen molar-refractivity contribution >= 4 is 22.6 Å². The van der Waals surface area contributed by atoms with Crippen LogP contribution in [0.3, 0.4) is 0 Å². The van der Waals surface area contributed by atoms with Crippen molar-refractivity contribution in [2.24, 2.45) is 0 Å². The first kappa shape index (κ1) is 24.1. The van der Waals surface area contributed by atoms with Gasteiger partial charge in [0.25, 0.3) is 0 Å². The van der Waals surface area contributed by atoms with Gasteiger partial charge >= 0.3 is 0 Å². The van der Waals surface area contributed by atoms with Gasteiger partial charge in [-0.2, -0.15) is 0 Å². The standard InChI is InChI=1S/C31H35N3O2/c1-21-16-22(2)18-26(17-21)34-20-25(19-30(34)35)31-32-27-11-5-6-12-28(27)33(31)14-7-8-15-36-29-13-9-10-23(3)24(29)4/h5-6,9-13,16-18,25H,7-8,14-15,19-20H2,1-4H3. The first-order valence-corrected chi connectivity index (χ1v) is 12.9. The van der Waals surface area contributed by atoms with Crippen LogP contribution in [0.15, 0.2) is 60.7 Å². The van der Waals surface area contributed by atoms with Crippen molar-refractivity contribution in [1.29, 1.82) is 0 Å². The highest BCUT2D eigenvalue weighted by molar-refractivity contribution is 5.96. The minimum atomic E-state index is 0.0805. The summed E-state index contributed by atoms with van der Waals surface area (Å²) in [6.45, 7) is 10.6. The molecule has 1 aliphatic heterocycles. The maximum absolute atomic E-state index is 13.1. The maximum Gasteiger partial charge on any atom is 0.227 e. The number of carbonyl (C=O) groups excluding carboxylic acids is 1. The van der Waals surface area contributed by atoms with E-state index < -0.39 is 0 Å². The lowest BCUT2D eigenvalue weighted by Crippen LogP contribution is -2.24. The number of anilines is 1. The van der Waals surface area contributed by atoms with E-state index in [0.717, 1.165) is 47.7 Å². The Balaban J connectivity index is 1.31. The van der Waals surface area contributed by atoms with Crippen LogP contribution in [0.5, 0.6) is 5.75 Å². The van der Waals surface area contributed by atoms with E-state index in [0.29, 0.717) is 19.6 Å². The summed E-state index contributed by atoms with van der Waals surface area (Å²) in [5, 5.41) is 0. The van der Waals surface area contributed by atoms with E-state index in [1.54, 1.807) is 0 Å². The molecule has 36 heavy (non-hydrogen) atoms. The smallest absolute Gasteiger partial charge is 0.227 e. The molecule has 0 aliphatic carbocycles. The van der Waals surface area contributed by atoms with Crippen LogP contribution in [-0.2, 0) is 11.3 Å². The molecule has 1 amide bonds. The minimum absolute atomic E-state index is 0.0805. The molecule has 0 bridgehead atoms. The van der Waals surface area contributed by atoms with Crippen LogP contribution in [0.25, 0.3) is 11.0 Å². The number of unbranched alkanes of at least 4 members (excludes halogenated alkanes) is 1. The van der Waals surface area contributed by atoms with E-state index in [2.05, 4.69) is 74.7 Å². The zero-order chi connectivity index (χ0) is 25.2. The normalized spacial score (nSPS) is 15.7. The highest BCUT2D eigenvalue weighted by atomic mass is 16.5. The van der Waals surface area contributed by atoms with Gasteiger partial charge in [-0.05, 0) is 93.1 Å². The number of imidazole rings is 1. The molecule has 5 rings (SSSR count). The molecule has 4 aromatic rings. The van der Waals surface area contributed by atoms with Crippen molar-refractivity contribution in [3.05, 3.63) is 88.7 Å². The Kier molecular flexibility index (Phi) is 6.82. The van der Waals surface area contributed by atoms with Crippen molar-refractivity contribution in [2.75, 3.05) is 18.1 Å². The highest BCUT2D eigenvalue weighted by Crippen LogP contribution is 2.34. The van der Waals surface area contributed by atoms with Gasteiger partial charge in [-0.15, -0.1) is 0 Å². The quantitative estimate of drug-likeness (QED) is 0.265. The van der Waals surface area contributed by atoms with Crippen molar-refractivity contribution in [2.45, 2.75) is 59.4 Å². The average Bonchev–Trinajstić information content (AvgIpc) is 3.41. The van der Waals surface area contributed by atoms with Gasteiger partial charge in [0.05, 0.1) is 17.6 Å². The van der Waals surface area contributed by atoms with Gasteiger partial charge in [-0.25, -0.2) is 4.98 Å². The molecule has 186 valence electrons. The zero-order valence-electron chi connectivity index (χ0n) is 21.8. The molecular weight excluding hydrogens is 446 g/mol. The summed E-state index contributed by atoms with van der Waals surface area (Å²) in [4.78, 5) is 20.0. The Hall–Kier alpha value is -3.60. The fourth-order valence-electron chi connectivity index (χ4n) is 5.31. The Bertz CT molecular complexity index is 1380. The number of hydrogen-bond acceptors (Lipinski definition) is 3. The third-order valence-electron chi connectivity index (χ3n) is 7.28. The van der Waals surface area contributed by atoms with Crippen LogP contribution >= 0.6 is 0 Å². The van der Waals surface area contributed by atoms with E-state index in [1.165, 1.54) is 22.3 Å². The second-order valence-corrected chi connectivity index (χ2v) is 10.1. The number of aromatic nitrogens is 2. The molecule has 2 heterocycles. The molecule has 0 N–H and O–H groups in total. The van der Waals surface area contributed by atoms with Gasteiger partial charge in [-0.3, -0.25) is 4.79 Å². The van der Waals surface area contributed by atoms with Crippen LogP contribution in [-0.4, -0.2) is 28.6 Å². The molecule has 3 aromatic carbocycles. The highest BCUT2D eigenvalue weighted by Gasteiger charge is 2.35. The van der Waals surface area contributed by atoms with Gasteiger partial charge in [-0.1, -0.05) is 30.3 Å². The molecule has 0 saturated carbocycles. The number of amides is 1. The third kappa shape index (κ3) is 4.88. The number of hydrogen-bond donors (Lipinski definition) is 0. The van der Waals surface area contributed by atoms with Gasteiger partial charge in [0.2, 0.25) is 5.91 Å².